The molecule has 0 amide bonds. The molecule has 0 fully saturated rings. The summed E-state index contributed by atoms with van der Waals surface area (Å²) < 4.78 is 0. The second-order valence-corrected chi connectivity index (χ2v) is 3.28. The molecular formula is C14H17N. The first kappa shape index (κ1) is 11.4. The SMILES string of the molecule is C=CN=Cc1cc(CC)ccc1/C=C\C. The average molecular weight is 199 g/mol. The van der Waals surface area contributed by atoms with Crippen molar-refractivity contribution in [3.05, 3.63) is 53.7 Å². The first-order valence-corrected chi connectivity index (χ1v) is 5.21. The van der Waals surface area contributed by atoms with Crippen molar-refractivity contribution in [2.75, 3.05) is 0 Å². The molecule has 0 aliphatic heterocycles. The van der Waals surface area contributed by atoms with Crippen molar-refractivity contribution in [3.8, 4) is 0 Å². The summed E-state index contributed by atoms with van der Waals surface area (Å²) in [7, 11) is 0. The second kappa shape index (κ2) is 5.97. The molecule has 0 saturated carbocycles. The summed E-state index contributed by atoms with van der Waals surface area (Å²) in [5, 5.41) is 0. The van der Waals surface area contributed by atoms with Gasteiger partial charge >= 0.3 is 0 Å². The highest BCUT2D eigenvalue weighted by Gasteiger charge is 1.97. The van der Waals surface area contributed by atoms with Crippen LogP contribution in [0.25, 0.3) is 6.08 Å². The lowest BCUT2D eigenvalue weighted by atomic mass is 10.0. The number of benzene rings is 1. The van der Waals surface area contributed by atoms with Gasteiger partial charge in [-0.05, 0) is 30.5 Å². The molecule has 0 bridgehead atoms. The van der Waals surface area contributed by atoms with E-state index in [0.717, 1.165) is 12.0 Å². The van der Waals surface area contributed by atoms with Gasteiger partial charge in [0.05, 0.1) is 0 Å². The first-order valence-electron chi connectivity index (χ1n) is 5.21. The molecule has 0 aliphatic carbocycles. The molecule has 1 nitrogen and oxygen atoms in total. The Morgan fingerprint density at radius 3 is 2.73 bits per heavy atom. The van der Waals surface area contributed by atoms with Crippen LogP contribution in [0.2, 0.25) is 0 Å². The van der Waals surface area contributed by atoms with Crippen LogP contribution in [-0.2, 0) is 6.42 Å². The quantitative estimate of drug-likeness (QED) is 0.653. The van der Waals surface area contributed by atoms with Gasteiger partial charge in [0.1, 0.15) is 0 Å². The zero-order valence-electron chi connectivity index (χ0n) is 9.40. The minimum atomic E-state index is 1.05. The zero-order valence-corrected chi connectivity index (χ0v) is 9.40. The lowest BCUT2D eigenvalue weighted by Crippen LogP contribution is -1.90. The molecule has 0 heterocycles. The number of rotatable bonds is 4. The number of aryl methyl sites for hydroxylation is 1. The van der Waals surface area contributed by atoms with Gasteiger partial charge in [0.2, 0.25) is 0 Å². The lowest BCUT2D eigenvalue weighted by Gasteiger charge is -2.03. The Hall–Kier alpha value is -1.63. The Kier molecular flexibility index (Phi) is 4.55. The van der Waals surface area contributed by atoms with Gasteiger partial charge in [-0.2, -0.15) is 0 Å². The average Bonchev–Trinajstić information content (AvgIpc) is 2.28. The predicted molar refractivity (Wildman–Crippen MR) is 68.3 cm³/mol. The largest absolute Gasteiger partial charge is 0.265 e. The van der Waals surface area contributed by atoms with Crippen molar-refractivity contribution < 1.29 is 0 Å². The Morgan fingerprint density at radius 2 is 2.13 bits per heavy atom. The summed E-state index contributed by atoms with van der Waals surface area (Å²) in [6.45, 7) is 7.75. The maximum atomic E-state index is 4.07. The van der Waals surface area contributed by atoms with Crippen LogP contribution >= 0.6 is 0 Å². The van der Waals surface area contributed by atoms with Gasteiger partial charge in [-0.1, -0.05) is 37.8 Å². The Labute approximate surface area is 91.9 Å². The van der Waals surface area contributed by atoms with Crippen molar-refractivity contribution in [2.45, 2.75) is 20.3 Å². The summed E-state index contributed by atoms with van der Waals surface area (Å²) in [6, 6.07) is 6.45. The fourth-order valence-electron chi connectivity index (χ4n) is 1.42. The van der Waals surface area contributed by atoms with Gasteiger partial charge in [-0.15, -0.1) is 0 Å². The maximum Gasteiger partial charge on any atom is 0.0346 e. The molecule has 1 rings (SSSR count). The van der Waals surface area contributed by atoms with E-state index in [-0.39, 0.29) is 0 Å². The van der Waals surface area contributed by atoms with E-state index in [0.29, 0.717) is 0 Å². The summed E-state index contributed by atoms with van der Waals surface area (Å²) >= 11 is 0. The fourth-order valence-corrected chi connectivity index (χ4v) is 1.42. The monoisotopic (exact) mass is 199 g/mol. The van der Waals surface area contributed by atoms with E-state index in [4.69, 9.17) is 0 Å². The van der Waals surface area contributed by atoms with Crippen molar-refractivity contribution in [1.82, 2.24) is 0 Å². The van der Waals surface area contributed by atoms with Crippen molar-refractivity contribution in [1.29, 1.82) is 0 Å². The van der Waals surface area contributed by atoms with Crippen molar-refractivity contribution in [2.24, 2.45) is 4.99 Å². The minimum absolute atomic E-state index is 1.05. The van der Waals surface area contributed by atoms with E-state index in [1.54, 1.807) is 6.20 Å². The highest BCUT2D eigenvalue weighted by molar-refractivity contribution is 5.86. The van der Waals surface area contributed by atoms with E-state index < -0.39 is 0 Å². The third-order valence-corrected chi connectivity index (χ3v) is 2.22. The molecule has 0 aliphatic rings. The van der Waals surface area contributed by atoms with Crippen LogP contribution in [0.5, 0.6) is 0 Å². The molecule has 1 aromatic carbocycles. The van der Waals surface area contributed by atoms with E-state index in [1.807, 2.05) is 19.2 Å². The van der Waals surface area contributed by atoms with Crippen LogP contribution in [-0.4, -0.2) is 6.21 Å². The molecule has 1 heteroatoms. The predicted octanol–water partition coefficient (Wildman–Crippen LogP) is 3.84. The van der Waals surface area contributed by atoms with Crippen LogP contribution in [0.3, 0.4) is 0 Å². The molecule has 0 unspecified atom stereocenters. The van der Waals surface area contributed by atoms with E-state index >= 15 is 0 Å². The summed E-state index contributed by atoms with van der Waals surface area (Å²) in [6.07, 6.45) is 8.57. The lowest BCUT2D eigenvalue weighted by molar-refractivity contribution is 1.14. The molecule has 1 aromatic rings. The van der Waals surface area contributed by atoms with Crippen LogP contribution < -0.4 is 0 Å². The van der Waals surface area contributed by atoms with Gasteiger partial charge in [-0.3, -0.25) is 4.99 Å². The normalized spacial score (nSPS) is 11.3. The summed E-state index contributed by atoms with van der Waals surface area (Å²) in [4.78, 5) is 4.07. The maximum absolute atomic E-state index is 4.07. The van der Waals surface area contributed by atoms with Crippen LogP contribution in [0.15, 0.2) is 42.0 Å². The highest BCUT2D eigenvalue weighted by Crippen LogP contribution is 2.13. The third-order valence-electron chi connectivity index (χ3n) is 2.22. The molecule has 0 aromatic heterocycles. The van der Waals surface area contributed by atoms with Gasteiger partial charge in [0.15, 0.2) is 0 Å². The second-order valence-electron chi connectivity index (χ2n) is 3.28. The van der Waals surface area contributed by atoms with Crippen LogP contribution in [0.1, 0.15) is 30.5 Å². The minimum Gasteiger partial charge on any atom is -0.265 e. The van der Waals surface area contributed by atoms with Gasteiger partial charge in [0, 0.05) is 18.0 Å². The molecule has 0 radical (unpaired) electrons. The topological polar surface area (TPSA) is 12.4 Å². The third kappa shape index (κ3) is 3.21. The number of hydrogen-bond donors (Lipinski definition) is 0. The number of hydrogen-bond acceptors (Lipinski definition) is 1. The molecule has 78 valence electrons. The van der Waals surface area contributed by atoms with Gasteiger partial charge < -0.3 is 0 Å². The Bertz CT molecular complexity index is 386. The fraction of sp³-hybridized carbons (Fsp3) is 0.214. The highest BCUT2D eigenvalue weighted by atomic mass is 14.7. The summed E-state index contributed by atoms with van der Waals surface area (Å²) in [5.74, 6) is 0. The molecule has 0 N–H and O–H groups in total. The van der Waals surface area contributed by atoms with Crippen LogP contribution in [0.4, 0.5) is 0 Å². The van der Waals surface area contributed by atoms with Gasteiger partial charge in [0.25, 0.3) is 0 Å². The molecular weight excluding hydrogens is 182 g/mol. The molecule has 0 spiro atoms. The molecule has 15 heavy (non-hydrogen) atoms. The first-order chi connectivity index (χ1) is 7.31. The van der Waals surface area contributed by atoms with E-state index in [2.05, 4.69) is 42.8 Å². The Morgan fingerprint density at radius 1 is 1.33 bits per heavy atom. The Balaban J connectivity index is 3.15. The zero-order chi connectivity index (χ0) is 11.1. The van der Waals surface area contributed by atoms with E-state index in [1.165, 1.54) is 11.1 Å². The van der Waals surface area contributed by atoms with Crippen molar-refractivity contribution in [3.63, 3.8) is 0 Å². The number of aliphatic imine (C=N–C) groups is 1. The van der Waals surface area contributed by atoms with Crippen LogP contribution in [0, 0.1) is 0 Å². The van der Waals surface area contributed by atoms with E-state index in [9.17, 15) is 0 Å². The smallest absolute Gasteiger partial charge is 0.0346 e. The molecule has 0 atom stereocenters. The standard InChI is InChI=1S/C14H17N/c1-4-7-13-9-8-12(5-2)10-14(13)11-15-6-3/h4,6-11H,3,5H2,1-2H3/b7-4-,15-11?. The summed E-state index contributed by atoms with van der Waals surface area (Å²) in [5.41, 5.74) is 3.67. The van der Waals surface area contributed by atoms with Crippen molar-refractivity contribution >= 4 is 12.3 Å². The number of nitrogens with zero attached hydrogens (tertiary/aromatic N) is 1. The van der Waals surface area contributed by atoms with Gasteiger partial charge in [-0.25, -0.2) is 0 Å². The molecule has 0 saturated heterocycles. The number of allylic oxidation sites excluding steroid dienone is 1.